The summed E-state index contributed by atoms with van der Waals surface area (Å²) in [5.41, 5.74) is 2.50. The zero-order chi connectivity index (χ0) is 18.4. The number of halogens is 1. The van der Waals surface area contributed by atoms with Gasteiger partial charge in [-0.1, -0.05) is 30.5 Å². The number of nitrogens with zero attached hydrogens (tertiary/aromatic N) is 2. The normalized spacial score (nSPS) is 21.1. The molecular weight excluding hydrogens is 451 g/mol. The van der Waals surface area contributed by atoms with Gasteiger partial charge < -0.3 is 15.4 Å². The van der Waals surface area contributed by atoms with Crippen LogP contribution < -0.4 is 15.4 Å². The summed E-state index contributed by atoms with van der Waals surface area (Å²) in [4.78, 5) is 7.09. The molecule has 1 aliphatic carbocycles. The standard InChI is InChI=1S/C21H34N4O.HI/c1-16-8-9-20(26-3)17(14-16)10-12-23-21(22-2)24-18-11-13-25(15-18)19-6-4-5-7-19;/h8-9,14,18-19H,4-7,10-13,15H2,1-3H3,(H2,22,23,24);1H. The number of benzene rings is 1. The topological polar surface area (TPSA) is 48.9 Å². The minimum absolute atomic E-state index is 0. The molecule has 152 valence electrons. The van der Waals surface area contributed by atoms with Crippen LogP contribution in [-0.4, -0.2) is 56.7 Å². The number of ether oxygens (including phenoxy) is 1. The third-order valence-corrected chi connectivity index (χ3v) is 5.75. The van der Waals surface area contributed by atoms with Crippen LogP contribution in [0.1, 0.15) is 43.2 Å². The molecule has 1 aliphatic heterocycles. The monoisotopic (exact) mass is 486 g/mol. The number of hydrogen-bond donors (Lipinski definition) is 2. The summed E-state index contributed by atoms with van der Waals surface area (Å²) in [5, 5.41) is 7.08. The Labute approximate surface area is 181 Å². The van der Waals surface area contributed by atoms with Gasteiger partial charge in [0.2, 0.25) is 0 Å². The molecule has 1 heterocycles. The Kier molecular flexibility index (Phi) is 9.15. The molecule has 0 bridgehead atoms. The first-order chi connectivity index (χ1) is 12.7. The number of aryl methyl sites for hydroxylation is 1. The first-order valence-electron chi connectivity index (χ1n) is 10.0. The van der Waals surface area contributed by atoms with E-state index in [1.807, 2.05) is 13.1 Å². The highest BCUT2D eigenvalue weighted by atomic mass is 127. The predicted molar refractivity (Wildman–Crippen MR) is 124 cm³/mol. The molecule has 2 fully saturated rings. The van der Waals surface area contributed by atoms with E-state index >= 15 is 0 Å². The van der Waals surface area contributed by atoms with Gasteiger partial charge in [-0.05, 0) is 44.2 Å². The molecular formula is C21H35IN4O. The quantitative estimate of drug-likeness (QED) is 0.368. The molecule has 1 unspecified atom stereocenters. The Balaban J connectivity index is 0.00000261. The number of nitrogens with one attached hydrogen (secondary N) is 2. The zero-order valence-electron chi connectivity index (χ0n) is 17.0. The highest BCUT2D eigenvalue weighted by molar-refractivity contribution is 14.0. The fourth-order valence-electron chi connectivity index (χ4n) is 4.31. The molecule has 5 nitrogen and oxygen atoms in total. The van der Waals surface area contributed by atoms with Crippen molar-refractivity contribution < 1.29 is 4.74 Å². The van der Waals surface area contributed by atoms with E-state index in [1.54, 1.807) is 7.11 Å². The first-order valence-corrected chi connectivity index (χ1v) is 10.0. The number of hydrogen-bond acceptors (Lipinski definition) is 3. The van der Waals surface area contributed by atoms with Crippen molar-refractivity contribution in [3.05, 3.63) is 29.3 Å². The summed E-state index contributed by atoms with van der Waals surface area (Å²) in [5.74, 6) is 1.87. The Bertz CT molecular complexity index is 616. The summed E-state index contributed by atoms with van der Waals surface area (Å²) in [6.45, 7) is 5.34. The second-order valence-electron chi connectivity index (χ2n) is 7.63. The van der Waals surface area contributed by atoms with Crippen molar-refractivity contribution in [2.75, 3.05) is 33.8 Å². The average Bonchev–Trinajstić information content (AvgIpc) is 3.32. The van der Waals surface area contributed by atoms with Crippen LogP contribution in [0.15, 0.2) is 23.2 Å². The maximum atomic E-state index is 5.47. The Hall–Kier alpha value is -1.02. The van der Waals surface area contributed by atoms with E-state index in [4.69, 9.17) is 4.74 Å². The molecule has 27 heavy (non-hydrogen) atoms. The van der Waals surface area contributed by atoms with Gasteiger partial charge in [-0.3, -0.25) is 9.89 Å². The van der Waals surface area contributed by atoms with Crippen LogP contribution >= 0.6 is 24.0 Å². The lowest BCUT2D eigenvalue weighted by molar-refractivity contribution is 0.242. The van der Waals surface area contributed by atoms with Crippen LogP contribution in [0.5, 0.6) is 5.75 Å². The van der Waals surface area contributed by atoms with Crippen molar-refractivity contribution in [3.63, 3.8) is 0 Å². The molecule has 1 aromatic carbocycles. The molecule has 1 saturated carbocycles. The fraction of sp³-hybridized carbons (Fsp3) is 0.667. The minimum atomic E-state index is 0. The van der Waals surface area contributed by atoms with Crippen molar-refractivity contribution in [1.29, 1.82) is 0 Å². The van der Waals surface area contributed by atoms with Crippen molar-refractivity contribution >= 4 is 29.9 Å². The third kappa shape index (κ3) is 6.24. The van der Waals surface area contributed by atoms with Crippen LogP contribution in [0.4, 0.5) is 0 Å². The van der Waals surface area contributed by atoms with Gasteiger partial charge in [0.15, 0.2) is 5.96 Å². The molecule has 2 aliphatic rings. The van der Waals surface area contributed by atoms with Gasteiger partial charge >= 0.3 is 0 Å². The SMILES string of the molecule is CN=C(NCCc1cc(C)ccc1OC)NC1CCN(C2CCCC2)C1.I. The average molecular weight is 486 g/mol. The van der Waals surface area contributed by atoms with Crippen LogP contribution in [0.2, 0.25) is 0 Å². The molecule has 0 aromatic heterocycles. The predicted octanol–water partition coefficient (Wildman–Crippen LogP) is 3.35. The van der Waals surface area contributed by atoms with Gasteiger partial charge in [0.25, 0.3) is 0 Å². The van der Waals surface area contributed by atoms with E-state index < -0.39 is 0 Å². The molecule has 0 amide bonds. The maximum absolute atomic E-state index is 5.47. The van der Waals surface area contributed by atoms with Gasteiger partial charge in [-0.25, -0.2) is 0 Å². The van der Waals surface area contributed by atoms with E-state index in [1.165, 1.54) is 49.8 Å². The van der Waals surface area contributed by atoms with Gasteiger partial charge in [0.1, 0.15) is 5.75 Å². The van der Waals surface area contributed by atoms with E-state index in [-0.39, 0.29) is 24.0 Å². The Morgan fingerprint density at radius 1 is 1.26 bits per heavy atom. The Morgan fingerprint density at radius 3 is 2.74 bits per heavy atom. The highest BCUT2D eigenvalue weighted by Crippen LogP contribution is 2.26. The smallest absolute Gasteiger partial charge is 0.191 e. The van der Waals surface area contributed by atoms with Crippen molar-refractivity contribution in [1.82, 2.24) is 15.5 Å². The molecule has 1 saturated heterocycles. The number of likely N-dealkylation sites (tertiary alicyclic amines) is 1. The number of guanidine groups is 1. The maximum Gasteiger partial charge on any atom is 0.191 e. The van der Waals surface area contributed by atoms with Crippen molar-refractivity contribution in [2.24, 2.45) is 4.99 Å². The number of rotatable bonds is 6. The lowest BCUT2D eigenvalue weighted by atomic mass is 10.1. The van der Waals surface area contributed by atoms with E-state index in [9.17, 15) is 0 Å². The molecule has 3 rings (SSSR count). The van der Waals surface area contributed by atoms with Crippen LogP contribution in [0, 0.1) is 6.92 Å². The molecule has 0 spiro atoms. The van der Waals surface area contributed by atoms with Crippen LogP contribution in [0.3, 0.4) is 0 Å². The van der Waals surface area contributed by atoms with E-state index in [0.29, 0.717) is 6.04 Å². The number of methoxy groups -OCH3 is 1. The van der Waals surface area contributed by atoms with Gasteiger partial charge in [0.05, 0.1) is 7.11 Å². The second kappa shape index (κ2) is 11.1. The van der Waals surface area contributed by atoms with Gasteiger partial charge in [-0.2, -0.15) is 0 Å². The van der Waals surface area contributed by atoms with Gasteiger partial charge in [0, 0.05) is 38.8 Å². The number of aliphatic imine (C=N–C) groups is 1. The Morgan fingerprint density at radius 2 is 2.04 bits per heavy atom. The van der Waals surface area contributed by atoms with Crippen LogP contribution in [-0.2, 0) is 6.42 Å². The summed E-state index contributed by atoms with van der Waals surface area (Å²) in [6, 6.07) is 7.67. The van der Waals surface area contributed by atoms with E-state index in [2.05, 4.69) is 39.6 Å². The summed E-state index contributed by atoms with van der Waals surface area (Å²) >= 11 is 0. The fourth-order valence-corrected chi connectivity index (χ4v) is 4.31. The summed E-state index contributed by atoms with van der Waals surface area (Å²) in [7, 11) is 3.59. The molecule has 1 aromatic rings. The molecule has 1 atom stereocenters. The molecule has 6 heteroatoms. The highest BCUT2D eigenvalue weighted by Gasteiger charge is 2.30. The summed E-state index contributed by atoms with van der Waals surface area (Å²) < 4.78 is 5.47. The van der Waals surface area contributed by atoms with Crippen LogP contribution in [0.25, 0.3) is 0 Å². The second-order valence-corrected chi connectivity index (χ2v) is 7.63. The minimum Gasteiger partial charge on any atom is -0.496 e. The summed E-state index contributed by atoms with van der Waals surface area (Å²) in [6.07, 6.45) is 7.72. The molecule has 0 radical (unpaired) electrons. The first kappa shape index (κ1) is 22.3. The van der Waals surface area contributed by atoms with E-state index in [0.717, 1.165) is 37.3 Å². The van der Waals surface area contributed by atoms with Crippen molar-refractivity contribution in [2.45, 2.75) is 57.5 Å². The van der Waals surface area contributed by atoms with Crippen molar-refractivity contribution in [3.8, 4) is 5.75 Å². The lowest BCUT2D eigenvalue weighted by Gasteiger charge is -2.24. The largest absolute Gasteiger partial charge is 0.496 e. The third-order valence-electron chi connectivity index (χ3n) is 5.75. The lowest BCUT2D eigenvalue weighted by Crippen LogP contribution is -2.45. The zero-order valence-corrected chi connectivity index (χ0v) is 19.3. The van der Waals surface area contributed by atoms with Gasteiger partial charge in [-0.15, -0.1) is 24.0 Å². The molecule has 2 N–H and O–H groups in total.